The third kappa shape index (κ3) is 2.62. The fraction of sp³-hybridized carbons (Fsp3) is 0. The maximum Gasteiger partial charge on any atom is 0.276 e. The fourth-order valence-corrected chi connectivity index (χ4v) is 2.61. The van der Waals surface area contributed by atoms with Crippen molar-refractivity contribution in [1.82, 2.24) is 0 Å². The number of carbonyl (C=O) groups excluding carboxylic acids is 1. The molecule has 0 unspecified atom stereocenters. The lowest BCUT2D eigenvalue weighted by Crippen LogP contribution is -2.00. The van der Waals surface area contributed by atoms with Crippen LogP contribution in [0.1, 0.15) is 15.9 Å². The number of benzene rings is 2. The number of fused-ring (bicyclic) bond motifs is 1. The zero-order chi connectivity index (χ0) is 16.7. The Morgan fingerprint density at radius 2 is 1.87 bits per heavy atom. The van der Waals surface area contributed by atoms with Crippen molar-refractivity contribution in [2.45, 2.75) is 0 Å². The molecule has 0 atom stereocenters. The number of phenols is 1. The zero-order valence-corrected chi connectivity index (χ0v) is 12.8. The zero-order valence-electron chi connectivity index (χ0n) is 11.2. The summed E-state index contributed by atoms with van der Waals surface area (Å²) in [5.74, 6) is -0.770. The van der Waals surface area contributed by atoms with Crippen molar-refractivity contribution in [2.24, 2.45) is 0 Å². The van der Waals surface area contributed by atoms with Gasteiger partial charge < -0.3 is 9.84 Å². The number of ether oxygens (including phenoxy) is 1. The number of nitro benzene ring substituents is 1. The SMILES string of the molecule is O=C1/C(=C/c2cc(O)ccc2[N+](=O)[O-])Oc2c(Cl)ccc(Cl)c21. The summed E-state index contributed by atoms with van der Waals surface area (Å²) < 4.78 is 5.40. The molecule has 0 radical (unpaired) electrons. The first-order chi connectivity index (χ1) is 10.9. The van der Waals surface area contributed by atoms with Crippen molar-refractivity contribution in [3.05, 3.63) is 67.4 Å². The predicted molar refractivity (Wildman–Crippen MR) is 84.2 cm³/mol. The van der Waals surface area contributed by atoms with E-state index in [2.05, 4.69) is 0 Å². The van der Waals surface area contributed by atoms with Gasteiger partial charge in [-0.05, 0) is 30.3 Å². The number of aromatic hydroxyl groups is 1. The van der Waals surface area contributed by atoms with Gasteiger partial charge in [-0.15, -0.1) is 0 Å². The number of nitro groups is 1. The van der Waals surface area contributed by atoms with E-state index < -0.39 is 10.7 Å². The number of carbonyl (C=O) groups is 1. The molecule has 0 bridgehead atoms. The number of hydrogen-bond acceptors (Lipinski definition) is 5. The van der Waals surface area contributed by atoms with Crippen LogP contribution in [-0.4, -0.2) is 15.8 Å². The van der Waals surface area contributed by atoms with Crippen molar-refractivity contribution in [3.63, 3.8) is 0 Å². The Morgan fingerprint density at radius 3 is 2.52 bits per heavy atom. The van der Waals surface area contributed by atoms with Crippen LogP contribution in [0.15, 0.2) is 36.1 Å². The lowest BCUT2D eigenvalue weighted by molar-refractivity contribution is -0.385. The number of hydrogen-bond donors (Lipinski definition) is 1. The van der Waals surface area contributed by atoms with Gasteiger partial charge in [-0.2, -0.15) is 0 Å². The molecular weight excluding hydrogens is 345 g/mol. The minimum atomic E-state index is -0.627. The van der Waals surface area contributed by atoms with Crippen molar-refractivity contribution >= 4 is 40.7 Å². The van der Waals surface area contributed by atoms with Crippen LogP contribution in [0.25, 0.3) is 6.08 Å². The maximum atomic E-state index is 12.4. The van der Waals surface area contributed by atoms with Crippen LogP contribution in [0.5, 0.6) is 11.5 Å². The Morgan fingerprint density at radius 1 is 1.17 bits per heavy atom. The summed E-state index contributed by atoms with van der Waals surface area (Å²) in [5.41, 5.74) is -0.147. The monoisotopic (exact) mass is 351 g/mol. The molecule has 2 aromatic rings. The second kappa shape index (κ2) is 5.57. The Bertz CT molecular complexity index is 892. The van der Waals surface area contributed by atoms with E-state index in [0.29, 0.717) is 0 Å². The topological polar surface area (TPSA) is 89.7 Å². The van der Waals surface area contributed by atoms with Gasteiger partial charge in [-0.1, -0.05) is 23.2 Å². The summed E-state index contributed by atoms with van der Waals surface area (Å²) in [7, 11) is 0. The number of Topliss-reactive ketones (excluding diaryl/α,β-unsaturated/α-hetero) is 1. The second-order valence-electron chi connectivity index (χ2n) is 4.67. The molecule has 116 valence electrons. The molecule has 23 heavy (non-hydrogen) atoms. The Kier molecular flexibility index (Phi) is 3.71. The molecule has 0 saturated heterocycles. The number of ketones is 1. The Labute approximate surface area is 139 Å². The van der Waals surface area contributed by atoms with Gasteiger partial charge in [0.1, 0.15) is 5.75 Å². The normalized spacial score (nSPS) is 14.7. The standard InChI is InChI=1S/C15H7Cl2NO5/c16-9-2-3-10(17)15-13(9)14(20)12(23-15)6-7-5-8(19)1-4-11(7)18(21)22/h1-6,19H/b12-6-. The number of nitrogens with zero attached hydrogens (tertiary/aromatic N) is 1. The first-order valence-corrected chi connectivity index (χ1v) is 7.03. The average Bonchev–Trinajstić information content (AvgIpc) is 2.81. The van der Waals surface area contributed by atoms with Gasteiger partial charge in [0.2, 0.25) is 5.78 Å². The Hall–Kier alpha value is -2.57. The van der Waals surface area contributed by atoms with E-state index in [4.69, 9.17) is 27.9 Å². The summed E-state index contributed by atoms with van der Waals surface area (Å²) in [5, 5.41) is 20.9. The van der Waals surface area contributed by atoms with Crippen molar-refractivity contribution in [1.29, 1.82) is 0 Å². The highest BCUT2D eigenvalue weighted by molar-refractivity contribution is 6.39. The Balaban J connectivity index is 2.12. The number of rotatable bonds is 2. The summed E-state index contributed by atoms with van der Waals surface area (Å²) >= 11 is 11.9. The molecule has 0 aliphatic carbocycles. The van der Waals surface area contributed by atoms with Crippen LogP contribution in [-0.2, 0) is 0 Å². The summed E-state index contributed by atoms with van der Waals surface area (Å²) in [6.07, 6.45) is 1.17. The molecule has 0 saturated carbocycles. The van der Waals surface area contributed by atoms with Gasteiger partial charge in [0.25, 0.3) is 5.69 Å². The van der Waals surface area contributed by atoms with Crippen LogP contribution in [0.3, 0.4) is 0 Å². The summed E-state index contributed by atoms with van der Waals surface area (Å²) in [4.78, 5) is 22.8. The third-order valence-electron chi connectivity index (χ3n) is 3.22. The van der Waals surface area contributed by atoms with Crippen LogP contribution in [0, 0.1) is 10.1 Å². The maximum absolute atomic E-state index is 12.4. The minimum absolute atomic E-state index is 0.0263. The number of phenolic OH excluding ortho intramolecular Hbond substituents is 1. The molecule has 0 amide bonds. The van der Waals surface area contributed by atoms with Crippen LogP contribution in [0.4, 0.5) is 5.69 Å². The molecule has 1 heterocycles. The lowest BCUT2D eigenvalue weighted by atomic mass is 10.1. The minimum Gasteiger partial charge on any atom is -0.508 e. The van der Waals surface area contributed by atoms with E-state index in [-0.39, 0.29) is 44.1 Å². The quantitative estimate of drug-likeness (QED) is 0.496. The lowest BCUT2D eigenvalue weighted by Gasteiger charge is -2.02. The van der Waals surface area contributed by atoms with Crippen LogP contribution in [0.2, 0.25) is 10.0 Å². The molecule has 8 heteroatoms. The number of halogens is 2. The molecule has 2 aromatic carbocycles. The van der Waals surface area contributed by atoms with Gasteiger partial charge in [-0.3, -0.25) is 14.9 Å². The van der Waals surface area contributed by atoms with E-state index in [1.165, 1.54) is 24.3 Å². The molecule has 1 aliphatic heterocycles. The third-order valence-corrected chi connectivity index (χ3v) is 3.83. The fourth-order valence-electron chi connectivity index (χ4n) is 2.18. The van der Waals surface area contributed by atoms with E-state index in [9.17, 15) is 20.0 Å². The first-order valence-electron chi connectivity index (χ1n) is 6.28. The first kappa shape index (κ1) is 15.3. The van der Waals surface area contributed by atoms with Gasteiger partial charge >= 0.3 is 0 Å². The molecule has 0 spiro atoms. The van der Waals surface area contributed by atoms with Crippen molar-refractivity contribution in [2.75, 3.05) is 0 Å². The van der Waals surface area contributed by atoms with Gasteiger partial charge in [0.05, 0.1) is 26.1 Å². The molecule has 1 N–H and O–H groups in total. The van der Waals surface area contributed by atoms with Gasteiger partial charge in [0, 0.05) is 6.07 Å². The second-order valence-corrected chi connectivity index (χ2v) is 5.49. The molecule has 3 rings (SSSR count). The van der Waals surface area contributed by atoms with Crippen LogP contribution >= 0.6 is 23.2 Å². The molecule has 6 nitrogen and oxygen atoms in total. The largest absolute Gasteiger partial charge is 0.508 e. The van der Waals surface area contributed by atoms with Crippen LogP contribution < -0.4 is 4.74 Å². The molecule has 0 aromatic heterocycles. The van der Waals surface area contributed by atoms with E-state index in [1.807, 2.05) is 0 Å². The number of allylic oxidation sites excluding steroid dienone is 1. The highest BCUT2D eigenvalue weighted by Gasteiger charge is 2.32. The van der Waals surface area contributed by atoms with E-state index in [0.717, 1.165) is 12.1 Å². The van der Waals surface area contributed by atoms with E-state index in [1.54, 1.807) is 0 Å². The van der Waals surface area contributed by atoms with Crippen molar-refractivity contribution in [3.8, 4) is 11.5 Å². The highest BCUT2D eigenvalue weighted by atomic mass is 35.5. The smallest absolute Gasteiger partial charge is 0.276 e. The predicted octanol–water partition coefficient (Wildman–Crippen LogP) is 4.22. The van der Waals surface area contributed by atoms with Gasteiger partial charge in [0.15, 0.2) is 11.5 Å². The summed E-state index contributed by atoms with van der Waals surface area (Å²) in [6.45, 7) is 0. The van der Waals surface area contributed by atoms with E-state index >= 15 is 0 Å². The highest BCUT2D eigenvalue weighted by Crippen LogP contribution is 2.42. The average molecular weight is 352 g/mol. The molecule has 0 fully saturated rings. The van der Waals surface area contributed by atoms with Crippen molar-refractivity contribution < 1.29 is 19.6 Å². The molecule has 1 aliphatic rings. The van der Waals surface area contributed by atoms with Gasteiger partial charge in [-0.25, -0.2) is 0 Å². The summed E-state index contributed by atoms with van der Waals surface area (Å²) in [6, 6.07) is 6.42. The molecular formula is C15H7Cl2NO5.